The molecule has 64 valence electrons. The average Bonchev–Trinajstić information content (AvgIpc) is 2.54. The van der Waals surface area contributed by atoms with Gasteiger partial charge < -0.3 is 10.0 Å². The Kier molecular flexibility index (Phi) is 1.91. The highest BCUT2D eigenvalue weighted by atomic mass is 16.3. The number of β-amino-alcohol motifs (C(OH)–C–C–N with tert-alkyl or cyclic N) is 1. The van der Waals surface area contributed by atoms with Crippen LogP contribution in [0.4, 0.5) is 5.82 Å². The fourth-order valence-corrected chi connectivity index (χ4v) is 1.40. The Hall–Kier alpha value is -1.16. The van der Waals surface area contributed by atoms with Crippen molar-refractivity contribution in [2.24, 2.45) is 0 Å². The number of nitrogens with zero attached hydrogens (tertiary/aromatic N) is 3. The van der Waals surface area contributed by atoms with Crippen LogP contribution < -0.4 is 4.90 Å². The number of hydrogen-bond donors (Lipinski definition) is 1. The maximum atomic E-state index is 9.27. The van der Waals surface area contributed by atoms with Gasteiger partial charge in [0.15, 0.2) is 0 Å². The number of aromatic nitrogens is 2. The Bertz CT molecular complexity index is 252. The summed E-state index contributed by atoms with van der Waals surface area (Å²) in [4.78, 5) is 10.2. The quantitative estimate of drug-likeness (QED) is 0.638. The fraction of sp³-hybridized carbons (Fsp3) is 0.500. The van der Waals surface area contributed by atoms with Crippen molar-refractivity contribution in [3.05, 3.63) is 18.6 Å². The molecule has 0 unspecified atom stereocenters. The summed E-state index contributed by atoms with van der Waals surface area (Å²) in [5.41, 5.74) is 0. The van der Waals surface area contributed by atoms with Crippen LogP contribution in [0.5, 0.6) is 0 Å². The molecule has 0 radical (unpaired) electrons. The standard InChI is InChI=1S/C8H11N3O/c12-7-1-4-11(6-7)8-5-9-2-3-10-8/h2-3,5,7,12H,1,4,6H2/t7-/m1/s1. The van der Waals surface area contributed by atoms with Gasteiger partial charge in [0.2, 0.25) is 0 Å². The van der Waals surface area contributed by atoms with Crippen molar-refractivity contribution in [1.29, 1.82) is 0 Å². The highest BCUT2D eigenvalue weighted by molar-refractivity contribution is 5.36. The summed E-state index contributed by atoms with van der Waals surface area (Å²) < 4.78 is 0. The zero-order valence-electron chi connectivity index (χ0n) is 6.72. The molecule has 0 aromatic carbocycles. The van der Waals surface area contributed by atoms with Crippen molar-refractivity contribution < 1.29 is 5.11 Å². The van der Waals surface area contributed by atoms with Crippen LogP contribution in [0.25, 0.3) is 0 Å². The molecule has 2 rings (SSSR count). The van der Waals surface area contributed by atoms with E-state index in [4.69, 9.17) is 0 Å². The number of aliphatic hydroxyl groups excluding tert-OH is 1. The number of anilines is 1. The van der Waals surface area contributed by atoms with Gasteiger partial charge in [0, 0.05) is 25.5 Å². The third-order valence-corrected chi connectivity index (χ3v) is 2.04. The van der Waals surface area contributed by atoms with Crippen molar-refractivity contribution in [2.75, 3.05) is 18.0 Å². The largest absolute Gasteiger partial charge is 0.391 e. The second-order valence-corrected chi connectivity index (χ2v) is 2.95. The second-order valence-electron chi connectivity index (χ2n) is 2.95. The lowest BCUT2D eigenvalue weighted by Crippen LogP contribution is -2.22. The van der Waals surface area contributed by atoms with Gasteiger partial charge in [-0.3, -0.25) is 4.98 Å². The molecule has 1 saturated heterocycles. The van der Waals surface area contributed by atoms with E-state index in [9.17, 15) is 5.11 Å². The van der Waals surface area contributed by atoms with E-state index >= 15 is 0 Å². The van der Waals surface area contributed by atoms with Crippen molar-refractivity contribution >= 4 is 5.82 Å². The van der Waals surface area contributed by atoms with Gasteiger partial charge in [-0.25, -0.2) is 4.98 Å². The Morgan fingerprint density at radius 3 is 3.00 bits per heavy atom. The van der Waals surface area contributed by atoms with E-state index in [0.29, 0.717) is 6.54 Å². The smallest absolute Gasteiger partial charge is 0.147 e. The lowest BCUT2D eigenvalue weighted by molar-refractivity contribution is 0.198. The SMILES string of the molecule is O[C@@H]1CCN(c2cnccn2)C1. The zero-order chi connectivity index (χ0) is 8.39. The van der Waals surface area contributed by atoms with E-state index in [0.717, 1.165) is 18.8 Å². The number of hydrogen-bond acceptors (Lipinski definition) is 4. The van der Waals surface area contributed by atoms with E-state index in [-0.39, 0.29) is 6.10 Å². The topological polar surface area (TPSA) is 49.2 Å². The van der Waals surface area contributed by atoms with Crippen molar-refractivity contribution in [1.82, 2.24) is 9.97 Å². The molecule has 0 amide bonds. The van der Waals surface area contributed by atoms with Gasteiger partial charge in [-0.1, -0.05) is 0 Å². The maximum absolute atomic E-state index is 9.27. The molecule has 0 saturated carbocycles. The summed E-state index contributed by atoms with van der Waals surface area (Å²) in [7, 11) is 0. The first-order chi connectivity index (χ1) is 5.86. The molecule has 2 heterocycles. The average molecular weight is 165 g/mol. The molecule has 12 heavy (non-hydrogen) atoms. The van der Waals surface area contributed by atoms with Gasteiger partial charge in [-0.2, -0.15) is 0 Å². The number of rotatable bonds is 1. The summed E-state index contributed by atoms with van der Waals surface area (Å²) >= 11 is 0. The van der Waals surface area contributed by atoms with Gasteiger partial charge in [0.25, 0.3) is 0 Å². The molecule has 0 aliphatic carbocycles. The maximum Gasteiger partial charge on any atom is 0.147 e. The van der Waals surface area contributed by atoms with E-state index < -0.39 is 0 Å². The first-order valence-corrected chi connectivity index (χ1v) is 4.05. The van der Waals surface area contributed by atoms with Gasteiger partial charge in [0.1, 0.15) is 5.82 Å². The summed E-state index contributed by atoms with van der Waals surface area (Å²) in [6.07, 6.45) is 5.66. The molecule has 1 aliphatic rings. The van der Waals surface area contributed by atoms with Crippen LogP contribution in [0, 0.1) is 0 Å². The molecular formula is C8H11N3O. The minimum atomic E-state index is -0.202. The molecule has 0 bridgehead atoms. The second kappa shape index (κ2) is 3.06. The minimum absolute atomic E-state index is 0.202. The summed E-state index contributed by atoms with van der Waals surface area (Å²) in [5.74, 6) is 0.856. The van der Waals surface area contributed by atoms with Gasteiger partial charge >= 0.3 is 0 Å². The Morgan fingerprint density at radius 2 is 2.42 bits per heavy atom. The molecule has 1 aromatic rings. The monoisotopic (exact) mass is 165 g/mol. The van der Waals surface area contributed by atoms with E-state index in [1.54, 1.807) is 18.6 Å². The normalized spacial score (nSPS) is 23.1. The highest BCUT2D eigenvalue weighted by Gasteiger charge is 2.20. The van der Waals surface area contributed by atoms with Crippen LogP contribution in [0.3, 0.4) is 0 Å². The van der Waals surface area contributed by atoms with Crippen LogP contribution in [-0.4, -0.2) is 34.3 Å². The first kappa shape index (κ1) is 7.49. The molecule has 1 N–H and O–H groups in total. The van der Waals surface area contributed by atoms with Crippen LogP contribution >= 0.6 is 0 Å². The third kappa shape index (κ3) is 1.38. The lowest BCUT2D eigenvalue weighted by Gasteiger charge is -2.14. The predicted molar refractivity (Wildman–Crippen MR) is 44.9 cm³/mol. The third-order valence-electron chi connectivity index (χ3n) is 2.04. The molecule has 0 spiro atoms. The molecule has 1 aliphatic heterocycles. The molecule has 1 fully saturated rings. The van der Waals surface area contributed by atoms with Crippen LogP contribution in [0.1, 0.15) is 6.42 Å². The van der Waals surface area contributed by atoms with Gasteiger partial charge in [-0.15, -0.1) is 0 Å². The Balaban J connectivity index is 2.11. The molecular weight excluding hydrogens is 154 g/mol. The van der Waals surface area contributed by atoms with E-state index in [1.165, 1.54) is 0 Å². The van der Waals surface area contributed by atoms with Crippen LogP contribution in [0.15, 0.2) is 18.6 Å². The predicted octanol–water partition coefficient (Wildman–Crippen LogP) is 0.0476. The van der Waals surface area contributed by atoms with Crippen LogP contribution in [-0.2, 0) is 0 Å². The van der Waals surface area contributed by atoms with Gasteiger partial charge in [-0.05, 0) is 6.42 Å². The zero-order valence-corrected chi connectivity index (χ0v) is 6.72. The minimum Gasteiger partial charge on any atom is -0.391 e. The molecule has 1 atom stereocenters. The first-order valence-electron chi connectivity index (χ1n) is 4.05. The summed E-state index contributed by atoms with van der Waals surface area (Å²) in [6.45, 7) is 1.55. The van der Waals surface area contributed by atoms with E-state index in [1.807, 2.05) is 4.90 Å². The van der Waals surface area contributed by atoms with Crippen molar-refractivity contribution in [3.63, 3.8) is 0 Å². The molecule has 1 aromatic heterocycles. The summed E-state index contributed by atoms with van der Waals surface area (Å²) in [6, 6.07) is 0. The molecule has 4 heteroatoms. The fourth-order valence-electron chi connectivity index (χ4n) is 1.40. The number of aliphatic hydroxyl groups is 1. The highest BCUT2D eigenvalue weighted by Crippen LogP contribution is 2.15. The molecule has 4 nitrogen and oxygen atoms in total. The Morgan fingerprint density at radius 1 is 1.50 bits per heavy atom. The summed E-state index contributed by atoms with van der Waals surface area (Å²) in [5, 5.41) is 9.27. The van der Waals surface area contributed by atoms with Crippen molar-refractivity contribution in [2.45, 2.75) is 12.5 Å². The lowest BCUT2D eigenvalue weighted by atomic mass is 10.3. The van der Waals surface area contributed by atoms with Crippen LogP contribution in [0.2, 0.25) is 0 Å². The van der Waals surface area contributed by atoms with Crippen molar-refractivity contribution in [3.8, 4) is 0 Å². The van der Waals surface area contributed by atoms with E-state index in [2.05, 4.69) is 9.97 Å². The van der Waals surface area contributed by atoms with Gasteiger partial charge in [0.05, 0.1) is 12.3 Å². The Labute approximate surface area is 70.9 Å².